The Kier molecular flexibility index (Phi) is 5.52. The Hall–Kier alpha value is -1.38. The van der Waals surface area contributed by atoms with Gasteiger partial charge < -0.3 is 4.74 Å². The van der Waals surface area contributed by atoms with Crippen LogP contribution in [0.2, 0.25) is 0 Å². The normalized spacial score (nSPS) is 11.5. The molecule has 13 heavy (non-hydrogen) atoms. The molecule has 0 amide bonds. The highest BCUT2D eigenvalue weighted by atomic mass is 16.5. The van der Waals surface area contributed by atoms with Crippen molar-refractivity contribution in [1.29, 1.82) is 0 Å². The summed E-state index contributed by atoms with van der Waals surface area (Å²) in [5.74, 6) is -1.62. The summed E-state index contributed by atoms with van der Waals surface area (Å²) in [4.78, 5) is 22.4. The van der Waals surface area contributed by atoms with Crippen molar-refractivity contribution < 1.29 is 14.3 Å². The molecule has 0 aliphatic carbocycles. The summed E-state index contributed by atoms with van der Waals surface area (Å²) in [6.07, 6.45) is 3.38. The fourth-order valence-corrected chi connectivity index (χ4v) is 0.916. The molecular weight excluding hydrogens is 168 g/mol. The van der Waals surface area contributed by atoms with Crippen LogP contribution < -0.4 is 0 Å². The number of hydrogen-bond acceptors (Lipinski definition) is 3. The molecule has 3 nitrogen and oxygen atoms in total. The average molecular weight is 182 g/mol. The van der Waals surface area contributed by atoms with Gasteiger partial charge in [0.25, 0.3) is 0 Å². The third-order valence-corrected chi connectivity index (χ3v) is 1.53. The van der Waals surface area contributed by atoms with Gasteiger partial charge in [-0.15, -0.1) is 6.58 Å². The van der Waals surface area contributed by atoms with Gasteiger partial charge in [-0.2, -0.15) is 0 Å². The SMILES string of the molecule is C=COC(=O)C(C=C)C(=O)CCC. The fourth-order valence-electron chi connectivity index (χ4n) is 0.916. The summed E-state index contributed by atoms with van der Waals surface area (Å²) in [5, 5.41) is 0. The second-order valence-corrected chi connectivity index (χ2v) is 2.53. The molecule has 72 valence electrons. The first-order valence-corrected chi connectivity index (χ1v) is 4.14. The minimum atomic E-state index is -0.849. The first-order valence-electron chi connectivity index (χ1n) is 4.14. The predicted octanol–water partition coefficient (Wildman–Crippen LogP) is 1.84. The summed E-state index contributed by atoms with van der Waals surface area (Å²) >= 11 is 0. The van der Waals surface area contributed by atoms with E-state index in [-0.39, 0.29) is 5.78 Å². The van der Waals surface area contributed by atoms with Gasteiger partial charge in [0.15, 0.2) is 5.78 Å². The Labute approximate surface area is 78.1 Å². The lowest BCUT2D eigenvalue weighted by Gasteiger charge is -2.07. The maximum atomic E-state index is 11.3. The Morgan fingerprint density at radius 1 is 1.46 bits per heavy atom. The van der Waals surface area contributed by atoms with E-state index in [0.717, 1.165) is 6.26 Å². The van der Waals surface area contributed by atoms with Crippen LogP contribution >= 0.6 is 0 Å². The van der Waals surface area contributed by atoms with Gasteiger partial charge in [-0.05, 0) is 6.42 Å². The van der Waals surface area contributed by atoms with Crippen LogP contribution in [0.1, 0.15) is 19.8 Å². The summed E-state index contributed by atoms with van der Waals surface area (Å²) in [6, 6.07) is 0. The highest BCUT2D eigenvalue weighted by Crippen LogP contribution is 2.07. The second kappa shape index (κ2) is 6.17. The molecule has 0 rings (SSSR count). The highest BCUT2D eigenvalue weighted by Gasteiger charge is 2.23. The lowest BCUT2D eigenvalue weighted by atomic mass is 10.0. The van der Waals surface area contributed by atoms with Crippen molar-refractivity contribution in [3.8, 4) is 0 Å². The van der Waals surface area contributed by atoms with Gasteiger partial charge in [-0.25, -0.2) is 0 Å². The van der Waals surface area contributed by atoms with Gasteiger partial charge in [0.1, 0.15) is 5.92 Å². The summed E-state index contributed by atoms with van der Waals surface area (Å²) in [6.45, 7) is 8.52. The van der Waals surface area contributed by atoms with Crippen LogP contribution in [0.15, 0.2) is 25.5 Å². The molecule has 0 aliphatic rings. The molecule has 0 saturated heterocycles. The molecule has 0 aromatic rings. The van der Waals surface area contributed by atoms with Crippen LogP contribution in [0.25, 0.3) is 0 Å². The molecule has 0 spiro atoms. The van der Waals surface area contributed by atoms with Crippen LogP contribution in [-0.2, 0) is 14.3 Å². The Morgan fingerprint density at radius 2 is 2.08 bits per heavy atom. The van der Waals surface area contributed by atoms with Gasteiger partial charge in [0, 0.05) is 6.42 Å². The monoisotopic (exact) mass is 182 g/mol. The smallest absolute Gasteiger partial charge is 0.325 e. The molecule has 0 bridgehead atoms. The van der Waals surface area contributed by atoms with Gasteiger partial charge in [0.05, 0.1) is 6.26 Å². The third kappa shape index (κ3) is 3.69. The van der Waals surface area contributed by atoms with Crippen LogP contribution in [0.5, 0.6) is 0 Å². The topological polar surface area (TPSA) is 43.4 Å². The summed E-state index contributed by atoms with van der Waals surface area (Å²) < 4.78 is 4.50. The van der Waals surface area contributed by atoms with Gasteiger partial charge in [-0.1, -0.05) is 19.6 Å². The van der Waals surface area contributed by atoms with Crippen molar-refractivity contribution >= 4 is 11.8 Å². The van der Waals surface area contributed by atoms with E-state index in [4.69, 9.17) is 0 Å². The van der Waals surface area contributed by atoms with Crippen molar-refractivity contribution in [2.45, 2.75) is 19.8 Å². The molecule has 0 fully saturated rings. The van der Waals surface area contributed by atoms with E-state index in [1.807, 2.05) is 6.92 Å². The van der Waals surface area contributed by atoms with Crippen molar-refractivity contribution in [3.05, 3.63) is 25.5 Å². The maximum Gasteiger partial charge on any atom is 0.325 e. The summed E-state index contributed by atoms with van der Waals surface area (Å²) in [7, 11) is 0. The van der Waals surface area contributed by atoms with Crippen LogP contribution in [0, 0.1) is 5.92 Å². The molecule has 1 unspecified atom stereocenters. The Morgan fingerprint density at radius 3 is 2.46 bits per heavy atom. The van der Waals surface area contributed by atoms with E-state index < -0.39 is 11.9 Å². The Balaban J connectivity index is 4.31. The highest BCUT2D eigenvalue weighted by molar-refractivity contribution is 6.00. The van der Waals surface area contributed by atoms with Crippen molar-refractivity contribution in [2.24, 2.45) is 5.92 Å². The predicted molar refractivity (Wildman–Crippen MR) is 49.9 cm³/mol. The average Bonchev–Trinajstić information content (AvgIpc) is 2.06. The Bertz CT molecular complexity index is 218. The van der Waals surface area contributed by atoms with E-state index in [1.54, 1.807) is 0 Å². The molecule has 1 atom stereocenters. The second-order valence-electron chi connectivity index (χ2n) is 2.53. The minimum absolute atomic E-state index is 0.163. The molecule has 0 heterocycles. The molecule has 0 radical (unpaired) electrons. The lowest BCUT2D eigenvalue weighted by molar-refractivity contribution is -0.145. The van der Waals surface area contributed by atoms with Gasteiger partial charge in [0.2, 0.25) is 0 Å². The van der Waals surface area contributed by atoms with Crippen LogP contribution in [-0.4, -0.2) is 11.8 Å². The largest absolute Gasteiger partial charge is 0.434 e. The zero-order valence-corrected chi connectivity index (χ0v) is 7.79. The van der Waals surface area contributed by atoms with Gasteiger partial charge >= 0.3 is 5.97 Å². The zero-order chi connectivity index (χ0) is 10.3. The lowest BCUT2D eigenvalue weighted by Crippen LogP contribution is -2.22. The quantitative estimate of drug-likeness (QED) is 0.272. The van der Waals surface area contributed by atoms with Crippen molar-refractivity contribution in [3.63, 3.8) is 0 Å². The number of ketones is 1. The number of carbonyl (C=O) groups is 2. The van der Waals surface area contributed by atoms with Crippen LogP contribution in [0.4, 0.5) is 0 Å². The zero-order valence-electron chi connectivity index (χ0n) is 7.79. The molecule has 3 heteroatoms. The number of esters is 1. The molecule has 0 aromatic heterocycles. The summed E-state index contributed by atoms with van der Waals surface area (Å²) in [5.41, 5.74) is 0. The van der Waals surface area contributed by atoms with E-state index in [2.05, 4.69) is 17.9 Å². The van der Waals surface area contributed by atoms with E-state index in [0.29, 0.717) is 12.8 Å². The maximum absolute atomic E-state index is 11.3. The van der Waals surface area contributed by atoms with E-state index in [9.17, 15) is 9.59 Å². The van der Waals surface area contributed by atoms with Crippen LogP contribution in [0.3, 0.4) is 0 Å². The number of hydrogen-bond donors (Lipinski definition) is 0. The van der Waals surface area contributed by atoms with E-state index in [1.165, 1.54) is 6.08 Å². The third-order valence-electron chi connectivity index (χ3n) is 1.53. The minimum Gasteiger partial charge on any atom is -0.434 e. The standard InChI is InChI=1S/C10H14O3/c1-4-7-9(11)8(5-2)10(12)13-6-3/h5-6,8H,2-4,7H2,1H3. The fraction of sp³-hybridized carbons (Fsp3) is 0.400. The molecular formula is C10H14O3. The molecule has 0 N–H and O–H groups in total. The number of carbonyl (C=O) groups excluding carboxylic acids is 2. The number of rotatable bonds is 6. The first-order chi connectivity index (χ1) is 6.17. The number of ether oxygens (including phenoxy) is 1. The number of Topliss-reactive ketones (excluding diaryl/α,β-unsaturated/α-hetero) is 1. The molecule has 0 aromatic carbocycles. The van der Waals surface area contributed by atoms with Gasteiger partial charge in [-0.3, -0.25) is 9.59 Å². The molecule has 0 saturated carbocycles. The van der Waals surface area contributed by atoms with Crippen molar-refractivity contribution in [1.82, 2.24) is 0 Å². The molecule has 0 aliphatic heterocycles. The van der Waals surface area contributed by atoms with Crippen molar-refractivity contribution in [2.75, 3.05) is 0 Å². The first kappa shape index (κ1) is 11.6. The van der Waals surface area contributed by atoms with E-state index >= 15 is 0 Å².